The maximum absolute atomic E-state index is 13.8. The number of amides is 2. The van der Waals surface area contributed by atoms with Crippen LogP contribution in [0.3, 0.4) is 0 Å². The monoisotopic (exact) mass is 363 g/mol. The Morgan fingerprint density at radius 3 is 2.16 bits per heavy atom. The first-order valence-corrected chi connectivity index (χ1v) is 9.28. The van der Waals surface area contributed by atoms with Gasteiger partial charge in [0.25, 0.3) is 0 Å². The molecule has 132 valence electrons. The van der Waals surface area contributed by atoms with Gasteiger partial charge in [0.05, 0.1) is 0 Å². The number of carbonyl (C=O) groups excluding carboxylic acids is 1. The first-order chi connectivity index (χ1) is 12.0. The number of halogens is 1. The smallest absolute Gasteiger partial charge is 0.321 e. The van der Waals surface area contributed by atoms with Gasteiger partial charge in [0.2, 0.25) is 10.0 Å². The molecule has 25 heavy (non-hydrogen) atoms. The van der Waals surface area contributed by atoms with E-state index in [1.807, 2.05) is 18.2 Å². The van der Waals surface area contributed by atoms with Crippen molar-refractivity contribution in [2.24, 2.45) is 0 Å². The van der Waals surface area contributed by atoms with E-state index < -0.39 is 15.8 Å². The van der Waals surface area contributed by atoms with E-state index in [1.165, 1.54) is 22.5 Å². The third kappa shape index (κ3) is 3.80. The van der Waals surface area contributed by atoms with E-state index in [0.29, 0.717) is 5.69 Å². The van der Waals surface area contributed by atoms with Crippen LogP contribution >= 0.6 is 0 Å². The third-order valence-electron chi connectivity index (χ3n) is 4.01. The largest absolute Gasteiger partial charge is 0.322 e. The standard InChI is InChI=1S/C17H18FN3O3S/c18-15-8-4-5-9-16(15)25(23,24)21-12-10-20(11-13-21)17(22)19-14-6-2-1-3-7-14/h1-9H,10-13H2,(H,19,22). The number of nitrogens with zero attached hydrogens (tertiary/aromatic N) is 2. The number of carbonyl (C=O) groups is 1. The van der Waals surface area contributed by atoms with Crippen molar-refractivity contribution in [3.05, 3.63) is 60.4 Å². The lowest BCUT2D eigenvalue weighted by molar-refractivity contribution is 0.184. The van der Waals surface area contributed by atoms with Crippen molar-refractivity contribution in [1.29, 1.82) is 0 Å². The normalized spacial score (nSPS) is 15.8. The third-order valence-corrected chi connectivity index (χ3v) is 5.94. The van der Waals surface area contributed by atoms with Gasteiger partial charge in [-0.15, -0.1) is 0 Å². The lowest BCUT2D eigenvalue weighted by Crippen LogP contribution is -2.51. The summed E-state index contributed by atoms with van der Waals surface area (Å²) in [6.07, 6.45) is 0. The van der Waals surface area contributed by atoms with Gasteiger partial charge in [-0.3, -0.25) is 0 Å². The van der Waals surface area contributed by atoms with Gasteiger partial charge in [-0.1, -0.05) is 30.3 Å². The molecule has 0 spiro atoms. The molecule has 1 N–H and O–H groups in total. The van der Waals surface area contributed by atoms with Crippen LogP contribution in [0.2, 0.25) is 0 Å². The number of benzene rings is 2. The number of hydrogen-bond acceptors (Lipinski definition) is 3. The lowest BCUT2D eigenvalue weighted by Gasteiger charge is -2.34. The zero-order chi connectivity index (χ0) is 17.9. The summed E-state index contributed by atoms with van der Waals surface area (Å²) in [6.45, 7) is 0.733. The highest BCUT2D eigenvalue weighted by molar-refractivity contribution is 7.89. The fraction of sp³-hybridized carbons (Fsp3) is 0.235. The molecule has 1 fully saturated rings. The average molecular weight is 363 g/mol. The summed E-state index contributed by atoms with van der Waals surface area (Å²) in [5.74, 6) is -0.772. The van der Waals surface area contributed by atoms with Crippen LogP contribution in [0.25, 0.3) is 0 Å². The Bertz CT molecular complexity index is 850. The van der Waals surface area contributed by atoms with E-state index in [4.69, 9.17) is 0 Å². The van der Waals surface area contributed by atoms with Gasteiger partial charge in [0.15, 0.2) is 0 Å². The molecular formula is C17H18FN3O3S. The van der Waals surface area contributed by atoms with Gasteiger partial charge in [-0.05, 0) is 24.3 Å². The van der Waals surface area contributed by atoms with Crippen molar-refractivity contribution in [3.63, 3.8) is 0 Å². The quantitative estimate of drug-likeness (QED) is 0.910. The minimum Gasteiger partial charge on any atom is -0.322 e. The van der Waals surface area contributed by atoms with E-state index in [2.05, 4.69) is 5.32 Å². The summed E-state index contributed by atoms with van der Waals surface area (Å²) in [5.41, 5.74) is 0.675. The van der Waals surface area contributed by atoms with Crippen LogP contribution in [0.15, 0.2) is 59.5 Å². The summed E-state index contributed by atoms with van der Waals surface area (Å²) in [7, 11) is -3.90. The van der Waals surface area contributed by atoms with Crippen LogP contribution in [0.1, 0.15) is 0 Å². The number of urea groups is 1. The number of sulfonamides is 1. The lowest BCUT2D eigenvalue weighted by atomic mass is 10.3. The van der Waals surface area contributed by atoms with E-state index in [9.17, 15) is 17.6 Å². The molecule has 2 aromatic carbocycles. The Labute approximate surface area is 145 Å². The predicted octanol–water partition coefficient (Wildman–Crippen LogP) is 2.36. The van der Waals surface area contributed by atoms with Crippen LogP contribution in [0, 0.1) is 5.82 Å². The van der Waals surface area contributed by atoms with Crippen LogP contribution < -0.4 is 5.32 Å². The molecule has 1 aliphatic rings. The number of rotatable bonds is 3. The summed E-state index contributed by atoms with van der Waals surface area (Å²) in [4.78, 5) is 13.4. The molecule has 0 atom stereocenters. The molecule has 2 amide bonds. The number of nitrogens with one attached hydrogen (secondary N) is 1. The van der Waals surface area contributed by atoms with Gasteiger partial charge < -0.3 is 10.2 Å². The minimum absolute atomic E-state index is 0.124. The summed E-state index contributed by atoms with van der Waals surface area (Å²) in [6, 6.07) is 14.0. The Balaban J connectivity index is 1.64. The van der Waals surface area contributed by atoms with Gasteiger partial charge in [0.1, 0.15) is 10.7 Å². The van der Waals surface area contributed by atoms with Crippen LogP contribution in [-0.4, -0.2) is 49.8 Å². The molecule has 8 heteroatoms. The fourth-order valence-electron chi connectivity index (χ4n) is 2.65. The Kier molecular flexibility index (Phi) is 5.00. The van der Waals surface area contributed by atoms with Crippen LogP contribution in [-0.2, 0) is 10.0 Å². The fourth-order valence-corrected chi connectivity index (χ4v) is 4.14. The molecule has 0 aliphatic carbocycles. The maximum atomic E-state index is 13.8. The van der Waals surface area contributed by atoms with Crippen LogP contribution in [0.4, 0.5) is 14.9 Å². The second-order valence-corrected chi connectivity index (χ2v) is 7.52. The molecule has 2 aromatic rings. The zero-order valence-corrected chi connectivity index (χ0v) is 14.2. The van der Waals surface area contributed by atoms with Crippen molar-refractivity contribution in [2.45, 2.75) is 4.90 Å². The minimum atomic E-state index is -3.90. The second-order valence-electron chi connectivity index (χ2n) is 5.62. The molecule has 1 saturated heterocycles. The number of hydrogen-bond donors (Lipinski definition) is 1. The Hall–Kier alpha value is -2.45. The number of anilines is 1. The maximum Gasteiger partial charge on any atom is 0.321 e. The molecule has 0 unspecified atom stereocenters. The molecule has 0 saturated carbocycles. The molecule has 3 rings (SSSR count). The molecule has 1 heterocycles. The van der Waals surface area contributed by atoms with Crippen LogP contribution in [0.5, 0.6) is 0 Å². The Morgan fingerprint density at radius 1 is 0.920 bits per heavy atom. The molecular weight excluding hydrogens is 345 g/mol. The van der Waals surface area contributed by atoms with Gasteiger partial charge in [-0.25, -0.2) is 17.6 Å². The molecule has 0 aromatic heterocycles. The van der Waals surface area contributed by atoms with Crippen molar-refractivity contribution in [1.82, 2.24) is 9.21 Å². The van der Waals surface area contributed by atoms with E-state index >= 15 is 0 Å². The SMILES string of the molecule is O=C(Nc1ccccc1)N1CCN(S(=O)(=O)c2ccccc2F)CC1. The summed E-state index contributed by atoms with van der Waals surface area (Å²) in [5, 5.41) is 2.77. The zero-order valence-electron chi connectivity index (χ0n) is 13.4. The number of piperazine rings is 1. The van der Waals surface area contributed by atoms with Crippen molar-refractivity contribution >= 4 is 21.7 Å². The van der Waals surface area contributed by atoms with Gasteiger partial charge >= 0.3 is 6.03 Å². The number of para-hydroxylation sites is 1. The molecule has 0 bridgehead atoms. The van der Waals surface area contributed by atoms with Gasteiger partial charge in [0, 0.05) is 31.9 Å². The van der Waals surface area contributed by atoms with E-state index in [0.717, 1.165) is 6.07 Å². The first-order valence-electron chi connectivity index (χ1n) is 7.84. The summed E-state index contributed by atoms with van der Waals surface area (Å²) >= 11 is 0. The van der Waals surface area contributed by atoms with Crippen molar-refractivity contribution in [2.75, 3.05) is 31.5 Å². The van der Waals surface area contributed by atoms with Crippen molar-refractivity contribution < 1.29 is 17.6 Å². The highest BCUT2D eigenvalue weighted by atomic mass is 32.2. The average Bonchev–Trinajstić information content (AvgIpc) is 2.63. The van der Waals surface area contributed by atoms with Crippen molar-refractivity contribution in [3.8, 4) is 0 Å². The van der Waals surface area contributed by atoms with Gasteiger partial charge in [-0.2, -0.15) is 4.31 Å². The highest BCUT2D eigenvalue weighted by Gasteiger charge is 2.31. The predicted molar refractivity (Wildman–Crippen MR) is 92.2 cm³/mol. The topological polar surface area (TPSA) is 69.7 Å². The summed E-state index contributed by atoms with van der Waals surface area (Å²) < 4.78 is 40.1. The van der Waals surface area contributed by atoms with E-state index in [1.54, 1.807) is 17.0 Å². The van der Waals surface area contributed by atoms with E-state index in [-0.39, 0.29) is 37.1 Å². The molecule has 6 nitrogen and oxygen atoms in total. The Morgan fingerprint density at radius 2 is 1.52 bits per heavy atom. The molecule has 0 radical (unpaired) electrons. The highest BCUT2D eigenvalue weighted by Crippen LogP contribution is 2.20. The first kappa shape index (κ1) is 17.4. The second kappa shape index (κ2) is 7.20. The molecule has 1 aliphatic heterocycles.